The molecule has 108 valence electrons. The minimum absolute atomic E-state index is 0.309. The molecule has 0 atom stereocenters. The van der Waals surface area contributed by atoms with Crippen molar-refractivity contribution in [3.05, 3.63) is 78.4 Å². The van der Waals surface area contributed by atoms with E-state index in [2.05, 4.69) is 15.3 Å². The van der Waals surface area contributed by atoms with Gasteiger partial charge in [0, 0.05) is 23.6 Å². The Balaban J connectivity index is 1.76. The number of carbonyl (C=O) groups excluding carboxylic acids is 1. The van der Waals surface area contributed by atoms with Crippen LogP contribution in [0.1, 0.15) is 10.4 Å². The number of rotatable bonds is 3. The van der Waals surface area contributed by atoms with Crippen molar-refractivity contribution < 1.29 is 9.18 Å². The summed E-state index contributed by atoms with van der Waals surface area (Å²) in [6.07, 6.45) is 2.90. The molecule has 1 aromatic heterocycles. The summed E-state index contributed by atoms with van der Waals surface area (Å²) in [5, 5.41) is 2.60. The predicted octanol–water partition coefficient (Wildman–Crippen LogP) is 3.54. The molecule has 1 N–H and O–H groups in total. The quantitative estimate of drug-likeness (QED) is 0.803. The molecule has 0 fully saturated rings. The van der Waals surface area contributed by atoms with E-state index >= 15 is 0 Å². The minimum atomic E-state index is -0.409. The van der Waals surface area contributed by atoms with E-state index in [1.165, 1.54) is 30.6 Å². The Morgan fingerprint density at radius 1 is 0.955 bits per heavy atom. The smallest absolute Gasteiger partial charge is 0.258 e. The fourth-order valence-electron chi connectivity index (χ4n) is 1.95. The van der Waals surface area contributed by atoms with Crippen molar-refractivity contribution >= 4 is 11.6 Å². The molecule has 0 aliphatic carbocycles. The number of hydrogen-bond acceptors (Lipinski definition) is 3. The number of benzene rings is 2. The van der Waals surface area contributed by atoms with Gasteiger partial charge in [0.25, 0.3) is 5.91 Å². The van der Waals surface area contributed by atoms with Crippen LogP contribution in [0.2, 0.25) is 0 Å². The summed E-state index contributed by atoms with van der Waals surface area (Å²) in [5.74, 6) is -0.249. The lowest BCUT2D eigenvalue weighted by molar-refractivity contribution is 0.102. The van der Waals surface area contributed by atoms with Gasteiger partial charge in [-0.3, -0.25) is 4.79 Å². The molecule has 0 saturated carbocycles. The van der Waals surface area contributed by atoms with Crippen molar-refractivity contribution in [2.75, 3.05) is 5.32 Å². The Kier molecular flexibility index (Phi) is 3.87. The van der Waals surface area contributed by atoms with Crippen LogP contribution in [0.3, 0.4) is 0 Å². The third-order valence-corrected chi connectivity index (χ3v) is 3.03. The van der Waals surface area contributed by atoms with Crippen molar-refractivity contribution in [3.8, 4) is 11.4 Å². The monoisotopic (exact) mass is 293 g/mol. The maximum atomic E-state index is 13.1. The summed E-state index contributed by atoms with van der Waals surface area (Å²) in [6.45, 7) is 0. The van der Waals surface area contributed by atoms with Gasteiger partial charge in [-0.05, 0) is 18.2 Å². The predicted molar refractivity (Wildman–Crippen MR) is 81.8 cm³/mol. The van der Waals surface area contributed by atoms with Crippen molar-refractivity contribution in [2.24, 2.45) is 0 Å². The molecule has 0 aliphatic rings. The molecule has 1 heterocycles. The molecule has 3 rings (SSSR count). The molecule has 0 radical (unpaired) electrons. The highest BCUT2D eigenvalue weighted by Gasteiger charge is 2.08. The van der Waals surface area contributed by atoms with Crippen LogP contribution in [0.5, 0.6) is 0 Å². The largest absolute Gasteiger partial charge is 0.322 e. The van der Waals surface area contributed by atoms with E-state index in [4.69, 9.17) is 0 Å². The Hall–Kier alpha value is -3.08. The summed E-state index contributed by atoms with van der Waals surface area (Å²) in [7, 11) is 0. The van der Waals surface area contributed by atoms with Crippen LogP contribution in [0, 0.1) is 5.82 Å². The zero-order chi connectivity index (χ0) is 15.4. The van der Waals surface area contributed by atoms with E-state index in [0.29, 0.717) is 17.1 Å². The minimum Gasteiger partial charge on any atom is -0.322 e. The van der Waals surface area contributed by atoms with Crippen molar-refractivity contribution in [3.63, 3.8) is 0 Å². The fourth-order valence-corrected chi connectivity index (χ4v) is 1.95. The van der Waals surface area contributed by atoms with E-state index in [1.807, 2.05) is 30.3 Å². The number of amides is 1. The number of nitrogens with one attached hydrogen (secondary N) is 1. The van der Waals surface area contributed by atoms with Crippen LogP contribution in [0.4, 0.5) is 10.1 Å². The maximum Gasteiger partial charge on any atom is 0.258 e. The first-order valence-corrected chi connectivity index (χ1v) is 6.67. The zero-order valence-electron chi connectivity index (χ0n) is 11.5. The van der Waals surface area contributed by atoms with Gasteiger partial charge in [0.15, 0.2) is 5.82 Å². The number of hydrogen-bond donors (Lipinski definition) is 1. The first-order chi connectivity index (χ1) is 10.7. The molecular weight excluding hydrogens is 281 g/mol. The van der Waals surface area contributed by atoms with Crippen LogP contribution in [0.25, 0.3) is 11.4 Å². The molecule has 0 spiro atoms. The van der Waals surface area contributed by atoms with E-state index in [-0.39, 0.29) is 5.91 Å². The molecule has 5 heteroatoms. The number of aromatic nitrogens is 2. The number of carbonyl (C=O) groups is 1. The molecule has 0 unspecified atom stereocenters. The van der Waals surface area contributed by atoms with Gasteiger partial charge in [-0.25, -0.2) is 14.4 Å². The van der Waals surface area contributed by atoms with E-state index < -0.39 is 5.82 Å². The highest BCUT2D eigenvalue weighted by atomic mass is 19.1. The van der Waals surface area contributed by atoms with Gasteiger partial charge in [-0.15, -0.1) is 0 Å². The molecular formula is C17H12FN3O. The second-order valence-corrected chi connectivity index (χ2v) is 4.63. The topological polar surface area (TPSA) is 54.9 Å². The fraction of sp³-hybridized carbons (Fsp3) is 0. The van der Waals surface area contributed by atoms with Gasteiger partial charge in [-0.1, -0.05) is 36.4 Å². The Morgan fingerprint density at radius 3 is 2.36 bits per heavy atom. The Morgan fingerprint density at radius 2 is 1.68 bits per heavy atom. The summed E-state index contributed by atoms with van der Waals surface area (Å²) in [4.78, 5) is 20.4. The number of halogens is 1. The van der Waals surface area contributed by atoms with Crippen molar-refractivity contribution in [1.82, 2.24) is 9.97 Å². The van der Waals surface area contributed by atoms with Crippen LogP contribution in [0.15, 0.2) is 67.0 Å². The molecule has 4 nitrogen and oxygen atoms in total. The lowest BCUT2D eigenvalue weighted by Crippen LogP contribution is -2.12. The van der Waals surface area contributed by atoms with E-state index in [9.17, 15) is 9.18 Å². The van der Waals surface area contributed by atoms with Crippen molar-refractivity contribution in [1.29, 1.82) is 0 Å². The highest BCUT2D eigenvalue weighted by Crippen LogP contribution is 2.14. The zero-order valence-corrected chi connectivity index (χ0v) is 11.5. The lowest BCUT2D eigenvalue weighted by atomic mass is 10.2. The second kappa shape index (κ2) is 6.13. The van der Waals surface area contributed by atoms with Gasteiger partial charge < -0.3 is 5.32 Å². The molecule has 22 heavy (non-hydrogen) atoms. The van der Waals surface area contributed by atoms with Gasteiger partial charge in [0.05, 0.1) is 5.56 Å². The second-order valence-electron chi connectivity index (χ2n) is 4.63. The van der Waals surface area contributed by atoms with Gasteiger partial charge >= 0.3 is 0 Å². The third-order valence-electron chi connectivity index (χ3n) is 3.03. The molecule has 0 saturated heterocycles. The van der Waals surface area contributed by atoms with Crippen LogP contribution < -0.4 is 5.32 Å². The van der Waals surface area contributed by atoms with Crippen LogP contribution in [-0.4, -0.2) is 15.9 Å². The molecule has 3 aromatic rings. The Labute approximate surface area is 126 Å². The van der Waals surface area contributed by atoms with E-state index in [1.54, 1.807) is 6.07 Å². The van der Waals surface area contributed by atoms with Gasteiger partial charge in [0.2, 0.25) is 0 Å². The summed E-state index contributed by atoms with van der Waals surface area (Å²) in [6, 6.07) is 15.2. The van der Waals surface area contributed by atoms with Gasteiger partial charge in [-0.2, -0.15) is 0 Å². The molecule has 2 aromatic carbocycles. The van der Waals surface area contributed by atoms with Crippen molar-refractivity contribution in [2.45, 2.75) is 0 Å². The highest BCUT2D eigenvalue weighted by molar-refractivity contribution is 6.03. The molecule has 0 bridgehead atoms. The average molecular weight is 293 g/mol. The van der Waals surface area contributed by atoms with Crippen LogP contribution in [-0.2, 0) is 0 Å². The van der Waals surface area contributed by atoms with Crippen LogP contribution >= 0.6 is 0 Å². The number of nitrogens with zero attached hydrogens (tertiary/aromatic N) is 2. The number of anilines is 1. The normalized spacial score (nSPS) is 10.2. The summed E-state index contributed by atoms with van der Waals surface area (Å²) < 4.78 is 13.1. The first kappa shape index (κ1) is 13.9. The standard InChI is InChI=1S/C17H12FN3O/c18-14-7-4-8-15(9-14)21-17(22)13-10-19-16(20-11-13)12-5-2-1-3-6-12/h1-11H,(H,21,22). The molecule has 0 aliphatic heterocycles. The average Bonchev–Trinajstić information content (AvgIpc) is 2.56. The lowest BCUT2D eigenvalue weighted by Gasteiger charge is -2.05. The third kappa shape index (κ3) is 3.15. The summed E-state index contributed by atoms with van der Waals surface area (Å²) in [5.41, 5.74) is 1.57. The maximum absolute atomic E-state index is 13.1. The Bertz CT molecular complexity index is 789. The SMILES string of the molecule is O=C(Nc1cccc(F)c1)c1cnc(-c2ccccc2)nc1. The summed E-state index contributed by atoms with van der Waals surface area (Å²) >= 11 is 0. The van der Waals surface area contributed by atoms with Gasteiger partial charge in [0.1, 0.15) is 5.82 Å². The molecule has 1 amide bonds. The van der Waals surface area contributed by atoms with E-state index in [0.717, 1.165) is 5.56 Å². The first-order valence-electron chi connectivity index (χ1n) is 6.67.